The minimum Gasteiger partial charge on any atom is -0.493 e. The SMILES string of the molecule is COc1cc(C(C)=O)ccc1O[C@H](C)C(=O)NCCc1ccccc1. The number of benzene rings is 2. The maximum Gasteiger partial charge on any atom is 0.260 e. The van der Waals surface area contributed by atoms with E-state index in [1.807, 2.05) is 30.3 Å². The van der Waals surface area contributed by atoms with E-state index in [1.54, 1.807) is 25.1 Å². The molecule has 1 amide bonds. The van der Waals surface area contributed by atoms with Crippen LogP contribution in [-0.4, -0.2) is 31.4 Å². The molecular weight excluding hydrogens is 318 g/mol. The Morgan fingerprint density at radius 2 is 1.80 bits per heavy atom. The lowest BCUT2D eigenvalue weighted by molar-refractivity contribution is -0.127. The van der Waals surface area contributed by atoms with Gasteiger partial charge >= 0.3 is 0 Å². The predicted molar refractivity (Wildman–Crippen MR) is 96.2 cm³/mol. The summed E-state index contributed by atoms with van der Waals surface area (Å²) in [5.41, 5.74) is 1.70. The average Bonchev–Trinajstić information content (AvgIpc) is 2.62. The van der Waals surface area contributed by atoms with Crippen LogP contribution < -0.4 is 14.8 Å². The van der Waals surface area contributed by atoms with E-state index in [1.165, 1.54) is 14.0 Å². The number of amides is 1. The zero-order chi connectivity index (χ0) is 18.2. The zero-order valence-electron chi connectivity index (χ0n) is 14.7. The third kappa shape index (κ3) is 5.35. The highest BCUT2D eigenvalue weighted by molar-refractivity contribution is 5.94. The first kappa shape index (κ1) is 18.5. The molecule has 25 heavy (non-hydrogen) atoms. The Morgan fingerprint density at radius 1 is 1.08 bits per heavy atom. The monoisotopic (exact) mass is 341 g/mol. The maximum atomic E-state index is 12.2. The van der Waals surface area contributed by atoms with Crippen molar-refractivity contribution in [3.05, 3.63) is 59.7 Å². The average molecular weight is 341 g/mol. The van der Waals surface area contributed by atoms with Crippen LogP contribution in [0.1, 0.15) is 29.8 Å². The number of Topliss-reactive ketones (excluding diaryl/α,β-unsaturated/α-hetero) is 1. The van der Waals surface area contributed by atoms with E-state index in [4.69, 9.17) is 9.47 Å². The van der Waals surface area contributed by atoms with Crippen molar-refractivity contribution < 1.29 is 19.1 Å². The fraction of sp³-hybridized carbons (Fsp3) is 0.300. The third-order valence-electron chi connectivity index (χ3n) is 3.80. The number of rotatable bonds is 8. The van der Waals surface area contributed by atoms with Gasteiger partial charge in [0.25, 0.3) is 5.91 Å². The normalized spacial score (nSPS) is 11.5. The van der Waals surface area contributed by atoms with Gasteiger partial charge in [-0.05, 0) is 44.0 Å². The molecule has 2 aromatic carbocycles. The quantitative estimate of drug-likeness (QED) is 0.750. The Kier molecular flexibility index (Phi) is 6.57. The summed E-state index contributed by atoms with van der Waals surface area (Å²) in [6, 6.07) is 14.9. The topological polar surface area (TPSA) is 64.6 Å². The van der Waals surface area contributed by atoms with Crippen molar-refractivity contribution in [1.29, 1.82) is 0 Å². The summed E-state index contributed by atoms with van der Waals surface area (Å²) in [4.78, 5) is 23.6. The summed E-state index contributed by atoms with van der Waals surface area (Å²) < 4.78 is 10.9. The number of ether oxygens (including phenoxy) is 2. The van der Waals surface area contributed by atoms with Crippen LogP contribution in [0.5, 0.6) is 11.5 Å². The molecule has 0 spiro atoms. The van der Waals surface area contributed by atoms with Gasteiger partial charge in [-0.15, -0.1) is 0 Å². The Morgan fingerprint density at radius 3 is 2.44 bits per heavy atom. The van der Waals surface area contributed by atoms with Crippen LogP contribution in [-0.2, 0) is 11.2 Å². The number of hydrogen-bond donors (Lipinski definition) is 1. The Bertz CT molecular complexity index is 728. The van der Waals surface area contributed by atoms with Gasteiger partial charge in [0.2, 0.25) is 0 Å². The smallest absolute Gasteiger partial charge is 0.260 e. The van der Waals surface area contributed by atoms with Gasteiger partial charge in [0.05, 0.1) is 7.11 Å². The molecule has 5 nitrogen and oxygen atoms in total. The largest absolute Gasteiger partial charge is 0.493 e. The van der Waals surface area contributed by atoms with E-state index in [-0.39, 0.29) is 11.7 Å². The first-order chi connectivity index (χ1) is 12.0. The second-order valence-corrected chi connectivity index (χ2v) is 5.71. The highest BCUT2D eigenvalue weighted by Crippen LogP contribution is 2.29. The van der Waals surface area contributed by atoms with Crippen LogP contribution in [0.25, 0.3) is 0 Å². The second kappa shape index (κ2) is 8.87. The first-order valence-corrected chi connectivity index (χ1v) is 8.18. The molecule has 0 bridgehead atoms. The number of methoxy groups -OCH3 is 1. The highest BCUT2D eigenvalue weighted by atomic mass is 16.5. The van der Waals surface area contributed by atoms with E-state index in [0.29, 0.717) is 23.6 Å². The lowest BCUT2D eigenvalue weighted by Crippen LogP contribution is -2.37. The van der Waals surface area contributed by atoms with Crippen molar-refractivity contribution in [2.75, 3.05) is 13.7 Å². The molecule has 0 aliphatic heterocycles. The zero-order valence-corrected chi connectivity index (χ0v) is 14.7. The Balaban J connectivity index is 1.91. The molecule has 0 aromatic heterocycles. The lowest BCUT2D eigenvalue weighted by Gasteiger charge is -2.17. The van der Waals surface area contributed by atoms with Crippen LogP contribution in [0.2, 0.25) is 0 Å². The molecule has 0 aliphatic carbocycles. The standard InChI is InChI=1S/C20H23NO4/c1-14(22)17-9-10-18(19(13-17)24-3)25-15(2)20(23)21-12-11-16-7-5-4-6-8-16/h4-10,13,15H,11-12H2,1-3H3,(H,21,23)/t15-/m1/s1. The molecule has 0 saturated carbocycles. The summed E-state index contributed by atoms with van der Waals surface area (Å²) in [5.74, 6) is 0.597. The van der Waals surface area contributed by atoms with Crippen molar-refractivity contribution in [2.24, 2.45) is 0 Å². The molecule has 1 atom stereocenters. The summed E-state index contributed by atoms with van der Waals surface area (Å²) in [5, 5.41) is 2.86. The summed E-state index contributed by atoms with van der Waals surface area (Å²) >= 11 is 0. The van der Waals surface area contributed by atoms with Crippen LogP contribution in [0.4, 0.5) is 0 Å². The molecule has 0 fully saturated rings. The molecule has 0 saturated heterocycles. The van der Waals surface area contributed by atoms with Gasteiger partial charge in [-0.3, -0.25) is 9.59 Å². The van der Waals surface area contributed by atoms with E-state index in [9.17, 15) is 9.59 Å². The van der Waals surface area contributed by atoms with Gasteiger partial charge in [0, 0.05) is 12.1 Å². The van der Waals surface area contributed by atoms with E-state index in [2.05, 4.69) is 5.32 Å². The highest BCUT2D eigenvalue weighted by Gasteiger charge is 2.17. The maximum absolute atomic E-state index is 12.2. The molecular formula is C20H23NO4. The molecule has 2 rings (SSSR count). The van der Waals surface area contributed by atoms with E-state index in [0.717, 1.165) is 12.0 Å². The minimum absolute atomic E-state index is 0.0587. The number of carbonyl (C=O) groups excluding carboxylic acids is 2. The van der Waals surface area contributed by atoms with Gasteiger partial charge in [-0.25, -0.2) is 0 Å². The first-order valence-electron chi connectivity index (χ1n) is 8.18. The summed E-state index contributed by atoms with van der Waals surface area (Å²) in [6.07, 6.45) is 0.0866. The molecule has 0 radical (unpaired) electrons. The van der Waals surface area contributed by atoms with Crippen molar-refractivity contribution in [1.82, 2.24) is 5.32 Å². The van der Waals surface area contributed by atoms with E-state index >= 15 is 0 Å². The van der Waals surface area contributed by atoms with Gasteiger partial charge in [0.15, 0.2) is 23.4 Å². The molecule has 132 valence electrons. The van der Waals surface area contributed by atoms with Crippen LogP contribution in [0.3, 0.4) is 0 Å². The van der Waals surface area contributed by atoms with Crippen LogP contribution >= 0.6 is 0 Å². The molecule has 0 unspecified atom stereocenters. The molecule has 1 N–H and O–H groups in total. The van der Waals surface area contributed by atoms with Crippen molar-refractivity contribution in [3.8, 4) is 11.5 Å². The molecule has 0 aliphatic rings. The summed E-state index contributed by atoms with van der Waals surface area (Å²) in [7, 11) is 1.50. The van der Waals surface area contributed by atoms with Crippen LogP contribution in [0.15, 0.2) is 48.5 Å². The fourth-order valence-corrected chi connectivity index (χ4v) is 2.35. The van der Waals surface area contributed by atoms with Gasteiger partial charge < -0.3 is 14.8 Å². The third-order valence-corrected chi connectivity index (χ3v) is 3.80. The van der Waals surface area contributed by atoms with Crippen molar-refractivity contribution in [2.45, 2.75) is 26.4 Å². The second-order valence-electron chi connectivity index (χ2n) is 5.71. The Labute approximate surface area is 148 Å². The number of hydrogen-bond acceptors (Lipinski definition) is 4. The molecule has 5 heteroatoms. The van der Waals surface area contributed by atoms with Gasteiger partial charge in [-0.2, -0.15) is 0 Å². The molecule has 0 heterocycles. The fourth-order valence-electron chi connectivity index (χ4n) is 2.35. The predicted octanol–water partition coefficient (Wildman–Crippen LogP) is 3.02. The molecule has 2 aromatic rings. The van der Waals surface area contributed by atoms with Crippen molar-refractivity contribution in [3.63, 3.8) is 0 Å². The number of carbonyl (C=O) groups is 2. The van der Waals surface area contributed by atoms with Crippen molar-refractivity contribution >= 4 is 11.7 Å². The number of nitrogens with one attached hydrogen (secondary N) is 1. The number of ketones is 1. The minimum atomic E-state index is -0.673. The summed E-state index contributed by atoms with van der Waals surface area (Å²) in [6.45, 7) is 3.70. The van der Waals surface area contributed by atoms with Crippen LogP contribution in [0, 0.1) is 0 Å². The lowest BCUT2D eigenvalue weighted by atomic mass is 10.1. The van der Waals surface area contributed by atoms with Gasteiger partial charge in [0.1, 0.15) is 0 Å². The van der Waals surface area contributed by atoms with E-state index < -0.39 is 6.10 Å². The Hall–Kier alpha value is -2.82. The van der Waals surface area contributed by atoms with Gasteiger partial charge in [-0.1, -0.05) is 30.3 Å².